The lowest BCUT2D eigenvalue weighted by Gasteiger charge is -2.22. The molecule has 0 aliphatic heterocycles. The topological polar surface area (TPSA) is 24.9 Å². The summed E-state index contributed by atoms with van der Waals surface area (Å²) in [5.74, 6) is -0.688. The summed E-state index contributed by atoms with van der Waals surface area (Å²) in [4.78, 5) is 3.73. The van der Waals surface area contributed by atoms with Gasteiger partial charge in [-0.15, -0.1) is 0 Å². The smallest absolute Gasteiger partial charge is 0.309 e. The lowest BCUT2D eigenvalue weighted by molar-refractivity contribution is -0.138. The first-order valence-electron chi connectivity index (χ1n) is 5.98. The van der Waals surface area contributed by atoms with Crippen molar-refractivity contribution in [1.82, 2.24) is 10.3 Å². The number of benzene rings is 1. The molecule has 7 heteroatoms. The van der Waals surface area contributed by atoms with Gasteiger partial charge in [-0.3, -0.25) is 4.98 Å². The highest BCUT2D eigenvalue weighted by Gasteiger charge is 2.35. The van der Waals surface area contributed by atoms with Crippen LogP contribution in [0.2, 0.25) is 5.02 Å². The first kappa shape index (κ1) is 15.7. The highest BCUT2D eigenvalue weighted by molar-refractivity contribution is 6.31. The summed E-state index contributed by atoms with van der Waals surface area (Å²) in [5.41, 5.74) is -0.727. The summed E-state index contributed by atoms with van der Waals surface area (Å²) >= 11 is 5.87. The monoisotopic (exact) mass is 318 g/mol. The van der Waals surface area contributed by atoms with Crippen LogP contribution >= 0.6 is 11.6 Å². The van der Waals surface area contributed by atoms with E-state index in [4.69, 9.17) is 11.6 Å². The molecule has 1 aromatic heterocycles. The van der Waals surface area contributed by atoms with Gasteiger partial charge in [-0.2, -0.15) is 13.2 Å². The minimum absolute atomic E-state index is 0.111. The van der Waals surface area contributed by atoms with Gasteiger partial charge < -0.3 is 5.32 Å². The Labute approximate surface area is 123 Å². The number of rotatable bonds is 3. The van der Waals surface area contributed by atoms with Gasteiger partial charge in [0, 0.05) is 18.0 Å². The zero-order valence-electron chi connectivity index (χ0n) is 10.9. The average molecular weight is 319 g/mol. The van der Waals surface area contributed by atoms with Crippen LogP contribution in [0.1, 0.15) is 22.7 Å². The zero-order valence-corrected chi connectivity index (χ0v) is 11.6. The lowest BCUT2D eigenvalue weighted by atomic mass is 9.96. The van der Waals surface area contributed by atoms with E-state index in [9.17, 15) is 17.6 Å². The molecule has 1 atom stereocenters. The number of hydrogen-bond acceptors (Lipinski definition) is 2. The highest BCUT2D eigenvalue weighted by atomic mass is 35.5. The second kappa shape index (κ2) is 5.99. The van der Waals surface area contributed by atoms with E-state index in [0.717, 1.165) is 24.5 Å². The van der Waals surface area contributed by atoms with Crippen LogP contribution in [-0.2, 0) is 6.18 Å². The number of nitrogens with zero attached hydrogens (tertiary/aromatic N) is 1. The maximum Gasteiger partial charge on any atom is 0.416 e. The predicted octanol–water partition coefficient (Wildman–Crippen LogP) is 4.20. The molecular weight excluding hydrogens is 308 g/mol. The summed E-state index contributed by atoms with van der Waals surface area (Å²) < 4.78 is 52.8. The molecule has 0 aliphatic rings. The van der Waals surface area contributed by atoms with Crippen molar-refractivity contribution in [3.05, 3.63) is 64.2 Å². The van der Waals surface area contributed by atoms with Gasteiger partial charge in [0.05, 0.1) is 16.6 Å². The third-order valence-corrected chi connectivity index (χ3v) is 3.45. The average Bonchev–Trinajstić information content (AvgIpc) is 2.44. The second-order valence-electron chi connectivity index (χ2n) is 4.33. The fourth-order valence-electron chi connectivity index (χ4n) is 2.12. The Bertz CT molecular complexity index is 643. The Hall–Kier alpha value is -1.66. The lowest BCUT2D eigenvalue weighted by Crippen LogP contribution is -2.22. The van der Waals surface area contributed by atoms with Crippen LogP contribution in [0.5, 0.6) is 0 Å². The van der Waals surface area contributed by atoms with Crippen molar-refractivity contribution in [2.45, 2.75) is 12.2 Å². The number of nitrogens with one attached hydrogen (secondary N) is 1. The molecule has 2 nitrogen and oxygen atoms in total. The summed E-state index contributed by atoms with van der Waals surface area (Å²) in [6.45, 7) is 0. The first-order valence-corrected chi connectivity index (χ1v) is 6.36. The molecule has 1 heterocycles. The summed E-state index contributed by atoms with van der Waals surface area (Å²) in [5, 5.41) is 2.51. The van der Waals surface area contributed by atoms with E-state index in [0.29, 0.717) is 0 Å². The fourth-order valence-corrected chi connectivity index (χ4v) is 2.35. The van der Waals surface area contributed by atoms with E-state index >= 15 is 0 Å². The van der Waals surface area contributed by atoms with Crippen molar-refractivity contribution in [2.75, 3.05) is 7.05 Å². The van der Waals surface area contributed by atoms with Gasteiger partial charge in [0.1, 0.15) is 5.82 Å². The van der Waals surface area contributed by atoms with Crippen LogP contribution in [0.25, 0.3) is 0 Å². The van der Waals surface area contributed by atoms with E-state index in [1.807, 2.05) is 0 Å². The molecular formula is C14H11ClF4N2. The molecule has 0 aliphatic carbocycles. The van der Waals surface area contributed by atoms with Crippen LogP contribution in [0, 0.1) is 5.82 Å². The minimum Gasteiger partial charge on any atom is -0.309 e. The minimum atomic E-state index is -4.53. The van der Waals surface area contributed by atoms with Crippen LogP contribution in [0.4, 0.5) is 17.6 Å². The molecule has 112 valence electrons. The Balaban J connectivity index is 2.60. The Morgan fingerprint density at radius 1 is 1.19 bits per heavy atom. The van der Waals surface area contributed by atoms with Crippen molar-refractivity contribution in [2.24, 2.45) is 0 Å². The molecule has 0 saturated carbocycles. The number of halogens is 5. The molecule has 0 saturated heterocycles. The molecule has 0 fully saturated rings. The van der Waals surface area contributed by atoms with Crippen molar-refractivity contribution < 1.29 is 17.6 Å². The van der Waals surface area contributed by atoms with E-state index in [1.165, 1.54) is 19.2 Å². The fraction of sp³-hybridized carbons (Fsp3) is 0.214. The van der Waals surface area contributed by atoms with Gasteiger partial charge in [-0.25, -0.2) is 4.39 Å². The summed E-state index contributed by atoms with van der Waals surface area (Å²) in [6.07, 6.45) is -2.37. The summed E-state index contributed by atoms with van der Waals surface area (Å²) in [7, 11) is 1.47. The summed E-state index contributed by atoms with van der Waals surface area (Å²) in [6, 6.07) is 3.97. The largest absolute Gasteiger partial charge is 0.416 e. The Morgan fingerprint density at radius 2 is 1.90 bits per heavy atom. The molecule has 0 radical (unpaired) electrons. The van der Waals surface area contributed by atoms with Gasteiger partial charge in [-0.05, 0) is 24.7 Å². The standard InChI is InChI=1S/C14H11ClF4N2/c1-20-13(8-3-2-4-11(16)12(8)15)9-7-21-6-5-10(9)14(17,18)19/h2-7,13,20H,1H3. The van der Waals surface area contributed by atoms with Crippen molar-refractivity contribution in [3.63, 3.8) is 0 Å². The first-order chi connectivity index (χ1) is 9.86. The number of pyridine rings is 1. The molecule has 1 unspecified atom stereocenters. The molecule has 1 N–H and O–H groups in total. The molecule has 0 amide bonds. The highest BCUT2D eigenvalue weighted by Crippen LogP contribution is 2.37. The second-order valence-corrected chi connectivity index (χ2v) is 4.70. The molecule has 21 heavy (non-hydrogen) atoms. The normalized spacial score (nSPS) is 13.2. The van der Waals surface area contributed by atoms with Gasteiger partial charge in [0.15, 0.2) is 0 Å². The van der Waals surface area contributed by atoms with E-state index in [-0.39, 0.29) is 16.1 Å². The van der Waals surface area contributed by atoms with Gasteiger partial charge in [0.2, 0.25) is 0 Å². The predicted molar refractivity (Wildman–Crippen MR) is 71.6 cm³/mol. The van der Waals surface area contributed by atoms with Crippen molar-refractivity contribution >= 4 is 11.6 Å². The molecule has 0 bridgehead atoms. The van der Waals surface area contributed by atoms with Crippen LogP contribution in [0.3, 0.4) is 0 Å². The van der Waals surface area contributed by atoms with E-state index in [2.05, 4.69) is 10.3 Å². The van der Waals surface area contributed by atoms with Gasteiger partial charge >= 0.3 is 6.18 Å². The SMILES string of the molecule is CNC(c1cnccc1C(F)(F)F)c1cccc(F)c1Cl. The molecule has 0 spiro atoms. The van der Waals surface area contributed by atoms with Crippen molar-refractivity contribution in [3.8, 4) is 0 Å². The third-order valence-electron chi connectivity index (χ3n) is 3.05. The van der Waals surface area contributed by atoms with Gasteiger partial charge in [-0.1, -0.05) is 23.7 Å². The molecule has 2 rings (SSSR count). The van der Waals surface area contributed by atoms with Crippen LogP contribution in [-0.4, -0.2) is 12.0 Å². The maximum absolute atomic E-state index is 13.5. The van der Waals surface area contributed by atoms with Crippen LogP contribution in [0.15, 0.2) is 36.7 Å². The Morgan fingerprint density at radius 3 is 2.52 bits per heavy atom. The maximum atomic E-state index is 13.5. The molecule has 1 aromatic carbocycles. The van der Waals surface area contributed by atoms with E-state index in [1.54, 1.807) is 0 Å². The third kappa shape index (κ3) is 3.16. The number of alkyl halides is 3. The zero-order chi connectivity index (χ0) is 15.6. The van der Waals surface area contributed by atoms with E-state index < -0.39 is 23.6 Å². The van der Waals surface area contributed by atoms with Crippen molar-refractivity contribution in [1.29, 1.82) is 0 Å². The number of aromatic nitrogens is 1. The Kier molecular flexibility index (Phi) is 4.49. The number of hydrogen-bond donors (Lipinski definition) is 1. The molecule has 2 aromatic rings. The quantitative estimate of drug-likeness (QED) is 0.858. The van der Waals surface area contributed by atoms with Crippen LogP contribution < -0.4 is 5.32 Å². The van der Waals surface area contributed by atoms with Gasteiger partial charge in [0.25, 0.3) is 0 Å².